The normalized spacial score (nSPS) is 28.2. The molecule has 0 saturated carbocycles. The predicted octanol–water partition coefficient (Wildman–Crippen LogP) is -6.50. The Morgan fingerprint density at radius 3 is 1.83 bits per heavy atom. The summed E-state index contributed by atoms with van der Waals surface area (Å²) in [7, 11) is 1.75. The second-order valence-corrected chi connectivity index (χ2v) is 19.3. The fourth-order valence-electron chi connectivity index (χ4n) is 7.73. The molecule has 16 N–H and O–H groups in total. The number of carboxylic acids is 1. The highest BCUT2D eigenvalue weighted by Crippen LogP contribution is 2.27. The quantitative estimate of drug-likeness (QED) is 0.0603. The van der Waals surface area contributed by atoms with Crippen molar-refractivity contribution in [2.24, 2.45) is 17.2 Å². The van der Waals surface area contributed by atoms with Crippen molar-refractivity contribution in [1.29, 1.82) is 0 Å². The lowest BCUT2D eigenvalue weighted by molar-refractivity contribution is -0.148. The molecule has 0 aromatic rings. The lowest BCUT2D eigenvalue weighted by Crippen LogP contribution is -2.62. The predicted molar refractivity (Wildman–Crippen MR) is 245 cm³/mol. The van der Waals surface area contributed by atoms with Gasteiger partial charge < -0.3 is 79.5 Å². The summed E-state index contributed by atoms with van der Waals surface area (Å²) in [6, 6.07) is -13.7. The summed E-state index contributed by atoms with van der Waals surface area (Å²) in [6.45, 7) is 1.39. The largest absolute Gasteiger partial charge is 0.480 e. The lowest BCUT2D eigenvalue weighted by Gasteiger charge is -2.33. The Hall–Kier alpha value is -5.78. The fraction of sp³-hybridized carbons (Fsp3) is 0.700. The van der Waals surface area contributed by atoms with Gasteiger partial charge in [-0.1, -0.05) is 21.6 Å². The Labute approximate surface area is 404 Å². The number of nitrogens with one attached hydrogen (secondary N) is 7. The van der Waals surface area contributed by atoms with E-state index in [2.05, 4.69) is 37.2 Å². The zero-order valence-corrected chi connectivity index (χ0v) is 39.9. The molecule has 0 radical (unpaired) electrons. The van der Waals surface area contributed by atoms with Crippen LogP contribution in [0.3, 0.4) is 0 Å². The summed E-state index contributed by atoms with van der Waals surface area (Å²) in [5, 5.41) is 47.5. The molecular weight excluding hydrogens is 953 g/mol. The topological polar surface area (TPSA) is 434 Å². The van der Waals surface area contributed by atoms with E-state index < -0.39 is 151 Å². The first kappa shape index (κ1) is 57.5. The molecule has 0 bridgehead atoms. The van der Waals surface area contributed by atoms with Crippen LogP contribution >= 0.6 is 21.6 Å². The van der Waals surface area contributed by atoms with E-state index in [9.17, 15) is 72.9 Å². The molecule has 29 heteroatoms. The van der Waals surface area contributed by atoms with Gasteiger partial charge in [0.15, 0.2) is 0 Å². The molecule has 0 aromatic heterocycles. The summed E-state index contributed by atoms with van der Waals surface area (Å²) in [5.41, 5.74) is 16.4. The first-order valence-corrected chi connectivity index (χ1v) is 24.8. The van der Waals surface area contributed by atoms with Gasteiger partial charge >= 0.3 is 5.97 Å². The number of aliphatic hydroxyl groups excluding tert-OH is 2. The van der Waals surface area contributed by atoms with Gasteiger partial charge in [-0.25, -0.2) is 4.79 Å². The lowest BCUT2D eigenvalue weighted by atomic mass is 10.1. The standard InChI is InChI=1S/C40H64N12O15S2/c1-19(54)31-37(63)46-21(7-3-4-12-41)32(58)48-24(16-53)34(60)47-23(15-30(43)57)38(64)52-14-6-9-28(52)39(65)51-13-5-8-27(51)36(62)45-22(10-11-29(42)56)33(59)49-26(40(66)67)18-69-68-17-25(35(61)50-31)44-20(2)55/h19,21-28,31,53-54H,3-18,41H2,1-2H3,(H2,42,56)(H2,43,57)(H,44,55)(H,45,62)(H,46,63)(H,47,60)(H,48,58)(H,49,59)(H,50,61)(H,66,67)/t19-,21+,22+,23+,24+,25+,26+,27+,28+,31+/m1/s1. The number of hydrogen-bond donors (Lipinski definition) is 13. The maximum atomic E-state index is 14.2. The van der Waals surface area contributed by atoms with Crippen LogP contribution in [0.15, 0.2) is 0 Å². The van der Waals surface area contributed by atoms with Crippen LogP contribution in [0.5, 0.6) is 0 Å². The molecule has 3 aliphatic rings. The summed E-state index contributed by atoms with van der Waals surface area (Å²) < 4.78 is 0. The third-order valence-electron chi connectivity index (χ3n) is 11.3. The molecule has 3 rings (SSSR count). The van der Waals surface area contributed by atoms with E-state index in [0.29, 0.717) is 12.8 Å². The second kappa shape index (κ2) is 28.0. The zero-order valence-electron chi connectivity index (χ0n) is 38.3. The Morgan fingerprint density at radius 1 is 0.696 bits per heavy atom. The SMILES string of the molecule is CC(=O)N[C@H]1CSSC[C@@H](C(=O)O)NC(=O)[C@H](CCC(N)=O)NC(=O)[C@@H]2CCCN2C(=O)[C@@H]2CCCN2C(=O)[C@H](CC(N)=O)NC(=O)[C@H](CO)NC(=O)[C@H](CCCCN)NC(=O)[C@H]([C@@H](C)O)NC1=O. The number of aliphatic carboxylic acids is 1. The molecule has 0 spiro atoms. The van der Waals surface area contributed by atoms with E-state index in [-0.39, 0.29) is 69.7 Å². The van der Waals surface area contributed by atoms with Crippen molar-refractivity contribution in [3.05, 3.63) is 0 Å². The van der Waals surface area contributed by atoms with E-state index in [0.717, 1.165) is 40.3 Å². The Bertz CT molecular complexity index is 1930. The average Bonchev–Trinajstić information content (AvgIpc) is 3.98. The molecule has 11 amide bonds. The maximum Gasteiger partial charge on any atom is 0.327 e. The maximum absolute atomic E-state index is 14.2. The number of amides is 11. The van der Waals surface area contributed by atoms with Crippen LogP contribution in [0.4, 0.5) is 0 Å². The highest BCUT2D eigenvalue weighted by Gasteiger charge is 2.45. The van der Waals surface area contributed by atoms with E-state index >= 15 is 0 Å². The highest BCUT2D eigenvalue weighted by molar-refractivity contribution is 8.76. The number of carboxylic acid groups (broad SMARTS) is 1. The second-order valence-electron chi connectivity index (χ2n) is 16.7. The number of nitrogens with zero attached hydrogens (tertiary/aromatic N) is 2. The minimum absolute atomic E-state index is 0.0336. The molecule has 0 aromatic carbocycles. The van der Waals surface area contributed by atoms with Crippen molar-refractivity contribution >= 4 is 92.5 Å². The van der Waals surface area contributed by atoms with Gasteiger partial charge in [0.05, 0.1) is 19.1 Å². The van der Waals surface area contributed by atoms with Gasteiger partial charge in [0.1, 0.15) is 54.4 Å². The molecule has 3 fully saturated rings. The van der Waals surface area contributed by atoms with Gasteiger partial charge in [-0.3, -0.25) is 52.7 Å². The molecule has 0 aliphatic carbocycles. The van der Waals surface area contributed by atoms with Gasteiger partial charge in [0.2, 0.25) is 65.0 Å². The molecule has 3 heterocycles. The average molecular weight is 1020 g/mol. The number of nitrogens with two attached hydrogens (primary N) is 3. The van der Waals surface area contributed by atoms with Crippen molar-refractivity contribution in [1.82, 2.24) is 47.0 Å². The van der Waals surface area contributed by atoms with Crippen LogP contribution < -0.4 is 54.4 Å². The molecular formula is C40H64N12O15S2. The van der Waals surface area contributed by atoms with Crippen LogP contribution in [-0.4, -0.2) is 194 Å². The molecule has 0 unspecified atom stereocenters. The van der Waals surface area contributed by atoms with E-state index in [4.69, 9.17) is 17.2 Å². The summed E-state index contributed by atoms with van der Waals surface area (Å²) >= 11 is 0. The first-order chi connectivity index (χ1) is 32.6. The van der Waals surface area contributed by atoms with Crippen LogP contribution in [0.1, 0.15) is 78.1 Å². The van der Waals surface area contributed by atoms with Gasteiger partial charge in [0.25, 0.3) is 0 Å². The number of fused-ring (bicyclic) bond motifs is 2. The summed E-state index contributed by atoms with van der Waals surface area (Å²) in [6.07, 6.45) is -1.86. The monoisotopic (exact) mass is 1020 g/mol. The number of unbranched alkanes of at least 4 members (excludes halogenated alkanes) is 1. The first-order valence-electron chi connectivity index (χ1n) is 22.3. The smallest absolute Gasteiger partial charge is 0.327 e. The van der Waals surface area contributed by atoms with Crippen molar-refractivity contribution in [2.45, 2.75) is 139 Å². The van der Waals surface area contributed by atoms with Crippen molar-refractivity contribution in [2.75, 3.05) is 37.7 Å². The van der Waals surface area contributed by atoms with Crippen LogP contribution in [0, 0.1) is 0 Å². The number of primary amides is 2. The van der Waals surface area contributed by atoms with Gasteiger partial charge in [-0.15, -0.1) is 0 Å². The van der Waals surface area contributed by atoms with Crippen molar-refractivity contribution in [3.8, 4) is 0 Å². The molecule has 386 valence electrons. The molecule has 10 atom stereocenters. The fourth-order valence-corrected chi connectivity index (χ4v) is 10.1. The van der Waals surface area contributed by atoms with Gasteiger partial charge in [-0.05, 0) is 64.8 Å². The third kappa shape index (κ3) is 17.6. The summed E-state index contributed by atoms with van der Waals surface area (Å²) in [4.78, 5) is 161. The minimum Gasteiger partial charge on any atom is -0.480 e. The Kier molecular flexibility index (Phi) is 23.4. The van der Waals surface area contributed by atoms with Crippen LogP contribution in [0.2, 0.25) is 0 Å². The summed E-state index contributed by atoms with van der Waals surface area (Å²) in [5.74, 6) is -12.4. The molecule has 3 aliphatic heterocycles. The van der Waals surface area contributed by atoms with Crippen molar-refractivity contribution in [3.63, 3.8) is 0 Å². The number of aliphatic hydroxyl groups is 2. The van der Waals surface area contributed by atoms with Gasteiger partial charge in [-0.2, -0.15) is 0 Å². The van der Waals surface area contributed by atoms with Gasteiger partial charge in [0, 0.05) is 37.9 Å². The number of carbonyl (C=O) groups excluding carboxylic acids is 11. The third-order valence-corrected chi connectivity index (χ3v) is 13.7. The zero-order chi connectivity index (χ0) is 51.5. The minimum atomic E-state index is -1.80. The molecule has 69 heavy (non-hydrogen) atoms. The molecule has 3 saturated heterocycles. The number of rotatable bonds is 13. The molecule has 27 nitrogen and oxygen atoms in total. The number of hydrogen-bond acceptors (Lipinski definition) is 17. The van der Waals surface area contributed by atoms with E-state index in [1.165, 1.54) is 4.90 Å². The highest BCUT2D eigenvalue weighted by atomic mass is 33.1. The van der Waals surface area contributed by atoms with Crippen LogP contribution in [0.25, 0.3) is 0 Å². The van der Waals surface area contributed by atoms with E-state index in [1.54, 1.807) is 0 Å². The van der Waals surface area contributed by atoms with E-state index in [1.807, 2.05) is 0 Å². The van der Waals surface area contributed by atoms with Crippen molar-refractivity contribution < 1.29 is 72.9 Å². The number of carbonyl (C=O) groups is 12. The Morgan fingerprint density at radius 2 is 1.25 bits per heavy atom. The van der Waals surface area contributed by atoms with Crippen LogP contribution in [-0.2, 0) is 57.5 Å². The Balaban J connectivity index is 2.07.